The summed E-state index contributed by atoms with van der Waals surface area (Å²) >= 11 is 0. The van der Waals surface area contributed by atoms with Gasteiger partial charge in [-0.15, -0.1) is 0 Å². The zero-order valence-electron chi connectivity index (χ0n) is 7.18. The summed E-state index contributed by atoms with van der Waals surface area (Å²) < 4.78 is 13.2. The van der Waals surface area contributed by atoms with Crippen LogP contribution in [0.5, 0.6) is 0 Å². The lowest BCUT2D eigenvalue weighted by Gasteiger charge is -2.24. The highest BCUT2D eigenvalue weighted by Crippen LogP contribution is 2.20. The number of hydrogen-bond acceptors (Lipinski definition) is 1. The molecule has 0 saturated carbocycles. The Labute approximate surface area is 71.8 Å². The van der Waals surface area contributed by atoms with Crippen molar-refractivity contribution in [3.63, 3.8) is 0 Å². The van der Waals surface area contributed by atoms with Crippen LogP contribution in [0.25, 0.3) is 0 Å². The molecule has 1 aromatic rings. The maximum atomic E-state index is 13.2. The van der Waals surface area contributed by atoms with Crippen molar-refractivity contribution in [2.24, 2.45) is 0 Å². The molecule has 64 valence electrons. The maximum Gasteiger partial charge on any atom is 0.126 e. The Kier molecular flexibility index (Phi) is 1.85. The Morgan fingerprint density at radius 1 is 1.42 bits per heavy atom. The van der Waals surface area contributed by atoms with Gasteiger partial charge in [-0.2, -0.15) is 0 Å². The first kappa shape index (κ1) is 7.74. The van der Waals surface area contributed by atoms with Crippen LogP contribution >= 0.6 is 0 Å². The molecular formula is C10H12FN. The van der Waals surface area contributed by atoms with E-state index in [-0.39, 0.29) is 5.82 Å². The molecule has 0 radical (unpaired) electrons. The number of rotatable bonds is 0. The summed E-state index contributed by atoms with van der Waals surface area (Å²) in [5.74, 6) is -0.0411. The first-order valence-corrected chi connectivity index (χ1v) is 4.22. The third-order valence-corrected chi connectivity index (χ3v) is 2.40. The van der Waals surface area contributed by atoms with Gasteiger partial charge >= 0.3 is 0 Å². The Morgan fingerprint density at radius 2 is 2.25 bits per heavy atom. The molecule has 0 N–H and O–H groups in total. The third kappa shape index (κ3) is 1.23. The highest BCUT2D eigenvalue weighted by molar-refractivity contribution is 5.30. The summed E-state index contributed by atoms with van der Waals surface area (Å²) in [6.45, 7) is 1.85. The summed E-state index contributed by atoms with van der Waals surface area (Å²) in [6, 6.07) is 5.34. The predicted octanol–water partition coefficient (Wildman–Crippen LogP) is 1.81. The lowest BCUT2D eigenvalue weighted by Crippen LogP contribution is -2.27. The van der Waals surface area contributed by atoms with E-state index in [1.165, 1.54) is 0 Å². The molecule has 1 aromatic carbocycles. The van der Waals surface area contributed by atoms with E-state index in [9.17, 15) is 4.39 Å². The molecule has 0 fully saturated rings. The van der Waals surface area contributed by atoms with Gasteiger partial charge in [-0.05, 0) is 30.7 Å². The van der Waals surface area contributed by atoms with E-state index in [1.807, 2.05) is 6.07 Å². The number of nitrogens with zero attached hydrogens (tertiary/aromatic N) is 1. The Balaban J connectivity index is 2.42. The van der Waals surface area contributed by atoms with Gasteiger partial charge in [0.15, 0.2) is 0 Å². The van der Waals surface area contributed by atoms with Crippen molar-refractivity contribution in [2.75, 3.05) is 13.6 Å². The monoisotopic (exact) mass is 165 g/mol. The van der Waals surface area contributed by atoms with Crippen LogP contribution in [-0.4, -0.2) is 18.5 Å². The molecule has 0 aromatic heterocycles. The summed E-state index contributed by atoms with van der Waals surface area (Å²) in [4.78, 5) is 2.21. The average molecular weight is 165 g/mol. The van der Waals surface area contributed by atoms with Crippen LogP contribution in [0, 0.1) is 5.82 Å². The Bertz CT molecular complexity index is 296. The Morgan fingerprint density at radius 3 is 3.08 bits per heavy atom. The molecule has 0 unspecified atom stereocenters. The molecule has 2 heteroatoms. The topological polar surface area (TPSA) is 3.24 Å². The van der Waals surface area contributed by atoms with Crippen LogP contribution in [0.4, 0.5) is 4.39 Å². The summed E-state index contributed by atoms with van der Waals surface area (Å²) in [7, 11) is 2.06. The highest BCUT2D eigenvalue weighted by Gasteiger charge is 2.15. The van der Waals surface area contributed by atoms with Gasteiger partial charge < -0.3 is 4.90 Å². The second kappa shape index (κ2) is 2.87. The fraction of sp³-hybridized carbons (Fsp3) is 0.400. The molecular weight excluding hydrogens is 153 g/mol. The second-order valence-corrected chi connectivity index (χ2v) is 3.37. The highest BCUT2D eigenvalue weighted by atomic mass is 19.1. The lowest BCUT2D eigenvalue weighted by atomic mass is 10.00. The SMILES string of the molecule is CN1CCc2c(F)cccc2C1. The first-order valence-electron chi connectivity index (χ1n) is 4.22. The van der Waals surface area contributed by atoms with Crippen LogP contribution < -0.4 is 0 Å². The molecule has 1 aliphatic heterocycles. The van der Waals surface area contributed by atoms with Gasteiger partial charge in [0.25, 0.3) is 0 Å². The molecule has 0 amide bonds. The number of fused-ring (bicyclic) bond motifs is 1. The summed E-state index contributed by atoms with van der Waals surface area (Å²) in [6.07, 6.45) is 0.846. The van der Waals surface area contributed by atoms with E-state index in [0.29, 0.717) is 0 Å². The second-order valence-electron chi connectivity index (χ2n) is 3.37. The minimum absolute atomic E-state index is 0.0411. The fourth-order valence-electron chi connectivity index (χ4n) is 1.70. The predicted molar refractivity (Wildman–Crippen MR) is 46.4 cm³/mol. The average Bonchev–Trinajstić information content (AvgIpc) is 2.04. The van der Waals surface area contributed by atoms with Gasteiger partial charge in [-0.3, -0.25) is 0 Å². The molecule has 12 heavy (non-hydrogen) atoms. The molecule has 0 saturated heterocycles. The zero-order valence-corrected chi connectivity index (χ0v) is 7.18. The van der Waals surface area contributed by atoms with Crippen molar-refractivity contribution >= 4 is 0 Å². The van der Waals surface area contributed by atoms with Gasteiger partial charge in [-0.1, -0.05) is 12.1 Å². The van der Waals surface area contributed by atoms with E-state index in [4.69, 9.17) is 0 Å². The van der Waals surface area contributed by atoms with Crippen LogP contribution in [0.1, 0.15) is 11.1 Å². The van der Waals surface area contributed by atoms with Crippen molar-refractivity contribution in [2.45, 2.75) is 13.0 Å². The Hall–Kier alpha value is -0.890. The van der Waals surface area contributed by atoms with Crippen LogP contribution in [-0.2, 0) is 13.0 Å². The van der Waals surface area contributed by atoms with Crippen LogP contribution in [0.15, 0.2) is 18.2 Å². The van der Waals surface area contributed by atoms with Crippen molar-refractivity contribution in [3.05, 3.63) is 35.1 Å². The smallest absolute Gasteiger partial charge is 0.126 e. The molecule has 0 atom stereocenters. The fourth-order valence-corrected chi connectivity index (χ4v) is 1.70. The minimum Gasteiger partial charge on any atom is -0.302 e. The van der Waals surface area contributed by atoms with Crippen molar-refractivity contribution in [1.29, 1.82) is 0 Å². The molecule has 0 bridgehead atoms. The molecule has 2 rings (SSSR count). The number of benzene rings is 1. The van der Waals surface area contributed by atoms with Crippen molar-refractivity contribution < 1.29 is 4.39 Å². The number of likely N-dealkylation sites (N-methyl/N-ethyl adjacent to an activating group) is 1. The maximum absolute atomic E-state index is 13.2. The third-order valence-electron chi connectivity index (χ3n) is 2.40. The van der Waals surface area contributed by atoms with Gasteiger partial charge in [0.05, 0.1) is 0 Å². The molecule has 0 aliphatic carbocycles. The molecule has 1 heterocycles. The van der Waals surface area contributed by atoms with E-state index in [1.54, 1.807) is 12.1 Å². The number of hydrogen-bond donors (Lipinski definition) is 0. The standard InChI is InChI=1S/C10H12FN/c1-12-6-5-9-8(7-12)3-2-4-10(9)11/h2-4H,5-7H2,1H3. The number of halogens is 1. The van der Waals surface area contributed by atoms with Crippen LogP contribution in [0.3, 0.4) is 0 Å². The first-order chi connectivity index (χ1) is 5.77. The largest absolute Gasteiger partial charge is 0.302 e. The van der Waals surface area contributed by atoms with Crippen molar-refractivity contribution in [1.82, 2.24) is 4.90 Å². The molecule has 1 aliphatic rings. The molecule has 1 nitrogen and oxygen atoms in total. The lowest BCUT2D eigenvalue weighted by molar-refractivity contribution is 0.309. The van der Waals surface area contributed by atoms with Gasteiger partial charge in [0.2, 0.25) is 0 Å². The van der Waals surface area contributed by atoms with Crippen molar-refractivity contribution in [3.8, 4) is 0 Å². The van der Waals surface area contributed by atoms with Gasteiger partial charge in [0.1, 0.15) is 5.82 Å². The summed E-state index contributed by atoms with van der Waals surface area (Å²) in [5.41, 5.74) is 2.05. The minimum atomic E-state index is -0.0411. The molecule has 0 spiro atoms. The van der Waals surface area contributed by atoms with E-state index < -0.39 is 0 Å². The summed E-state index contributed by atoms with van der Waals surface area (Å²) in [5, 5.41) is 0. The van der Waals surface area contributed by atoms with Gasteiger partial charge in [0, 0.05) is 13.1 Å². The van der Waals surface area contributed by atoms with E-state index in [2.05, 4.69) is 11.9 Å². The van der Waals surface area contributed by atoms with Crippen LogP contribution in [0.2, 0.25) is 0 Å². The zero-order chi connectivity index (χ0) is 8.55. The quantitative estimate of drug-likeness (QED) is 0.566. The normalized spacial score (nSPS) is 17.5. The van der Waals surface area contributed by atoms with E-state index in [0.717, 1.165) is 30.6 Å². The van der Waals surface area contributed by atoms with Gasteiger partial charge in [-0.25, -0.2) is 4.39 Å². The van der Waals surface area contributed by atoms with E-state index >= 15 is 0 Å².